The molecule has 1 aromatic heterocycles. The number of ether oxygens (including phenoxy) is 1. The zero-order chi connectivity index (χ0) is 27.0. The number of amides is 2. The van der Waals surface area contributed by atoms with E-state index in [1.54, 1.807) is 17.0 Å². The molecule has 10 heteroatoms. The highest BCUT2D eigenvalue weighted by Crippen LogP contribution is 2.30. The molecule has 0 unspecified atom stereocenters. The molecule has 2 amide bonds. The Hall–Kier alpha value is -3.24. The third kappa shape index (κ3) is 8.13. The summed E-state index contributed by atoms with van der Waals surface area (Å²) in [5.74, 6) is -1.45. The molecule has 37 heavy (non-hydrogen) atoms. The average molecular weight is 537 g/mol. The summed E-state index contributed by atoms with van der Waals surface area (Å²) in [7, 11) is 1.50. The van der Waals surface area contributed by atoms with Crippen molar-refractivity contribution in [1.29, 1.82) is 0 Å². The molecule has 0 bridgehead atoms. The van der Waals surface area contributed by atoms with Crippen LogP contribution in [0.1, 0.15) is 38.3 Å². The molecule has 5 nitrogen and oxygen atoms in total. The minimum Gasteiger partial charge on any atom is -0.385 e. The summed E-state index contributed by atoms with van der Waals surface area (Å²) in [4.78, 5) is 30.5. The van der Waals surface area contributed by atoms with Crippen LogP contribution >= 0.6 is 11.3 Å². The van der Waals surface area contributed by atoms with E-state index in [-0.39, 0.29) is 37.6 Å². The molecule has 0 atom stereocenters. The fraction of sp³-hybridized carbons (Fsp3) is 0.333. The van der Waals surface area contributed by atoms with Gasteiger partial charge in [0.2, 0.25) is 5.91 Å². The van der Waals surface area contributed by atoms with Crippen molar-refractivity contribution in [2.75, 3.05) is 26.8 Å². The number of halogens is 4. The number of hydrogen-bond donors (Lipinski definition) is 0. The van der Waals surface area contributed by atoms with Gasteiger partial charge in [0.25, 0.3) is 5.91 Å². The number of methoxy groups -OCH3 is 1. The molecule has 0 N–H and O–H groups in total. The molecule has 0 fully saturated rings. The second-order valence-electron chi connectivity index (χ2n) is 8.55. The number of aryl methyl sites for hydroxylation is 1. The maximum Gasteiger partial charge on any atom is 0.416 e. The molecule has 0 saturated carbocycles. The molecule has 0 saturated heterocycles. The van der Waals surface area contributed by atoms with Crippen LogP contribution in [0.25, 0.3) is 0 Å². The average Bonchev–Trinajstić information content (AvgIpc) is 3.27. The van der Waals surface area contributed by atoms with Gasteiger partial charge >= 0.3 is 6.18 Å². The van der Waals surface area contributed by atoms with Gasteiger partial charge in [-0.15, -0.1) is 11.3 Å². The number of carbonyl (C=O) groups excluding carboxylic acids is 2. The first-order chi connectivity index (χ1) is 17.6. The summed E-state index contributed by atoms with van der Waals surface area (Å²) in [5, 5.41) is 1.92. The van der Waals surface area contributed by atoms with Gasteiger partial charge in [0.15, 0.2) is 0 Å². The monoisotopic (exact) mass is 536 g/mol. The van der Waals surface area contributed by atoms with Crippen molar-refractivity contribution in [3.63, 3.8) is 0 Å². The maximum atomic E-state index is 13.5. The number of carbonyl (C=O) groups is 2. The zero-order valence-electron chi connectivity index (χ0n) is 20.6. The summed E-state index contributed by atoms with van der Waals surface area (Å²) < 4.78 is 58.1. The van der Waals surface area contributed by atoms with Crippen LogP contribution in [0.2, 0.25) is 0 Å². The van der Waals surface area contributed by atoms with Crippen molar-refractivity contribution in [2.24, 2.45) is 0 Å². The molecule has 0 aliphatic heterocycles. The normalized spacial score (nSPS) is 11.4. The Balaban J connectivity index is 1.85. The molecule has 0 aliphatic carbocycles. The van der Waals surface area contributed by atoms with Gasteiger partial charge in [-0.1, -0.05) is 18.2 Å². The van der Waals surface area contributed by atoms with Gasteiger partial charge in [-0.05, 0) is 66.2 Å². The molecule has 198 valence electrons. The first kappa shape index (κ1) is 28.3. The predicted octanol–water partition coefficient (Wildman–Crippen LogP) is 5.92. The van der Waals surface area contributed by atoms with Crippen molar-refractivity contribution in [1.82, 2.24) is 9.80 Å². The number of benzene rings is 2. The lowest BCUT2D eigenvalue weighted by Crippen LogP contribution is -2.43. The Morgan fingerprint density at radius 1 is 1.00 bits per heavy atom. The maximum absolute atomic E-state index is 13.5. The Morgan fingerprint density at radius 2 is 1.73 bits per heavy atom. The van der Waals surface area contributed by atoms with E-state index in [2.05, 4.69) is 0 Å². The topological polar surface area (TPSA) is 49.9 Å². The Bertz CT molecular complexity index is 1190. The minimum atomic E-state index is -4.60. The molecule has 3 rings (SSSR count). The lowest BCUT2D eigenvalue weighted by Gasteiger charge is -2.28. The van der Waals surface area contributed by atoms with E-state index < -0.39 is 23.5 Å². The number of alkyl halides is 3. The van der Waals surface area contributed by atoms with E-state index in [4.69, 9.17) is 4.74 Å². The smallest absolute Gasteiger partial charge is 0.385 e. The van der Waals surface area contributed by atoms with Crippen LogP contribution in [0.4, 0.5) is 17.6 Å². The largest absolute Gasteiger partial charge is 0.416 e. The number of hydrogen-bond acceptors (Lipinski definition) is 4. The molecule has 0 radical (unpaired) electrons. The first-order valence-electron chi connectivity index (χ1n) is 11.6. The van der Waals surface area contributed by atoms with Crippen LogP contribution < -0.4 is 0 Å². The second-order valence-corrected chi connectivity index (χ2v) is 9.56. The molecule has 0 spiro atoms. The highest BCUT2D eigenvalue weighted by molar-refractivity contribution is 7.10. The molecular formula is C27H28F4N2O3S. The molecule has 0 aliphatic rings. The Morgan fingerprint density at radius 3 is 2.35 bits per heavy atom. The van der Waals surface area contributed by atoms with Crippen molar-refractivity contribution >= 4 is 23.2 Å². The van der Waals surface area contributed by atoms with Gasteiger partial charge in [0.1, 0.15) is 12.4 Å². The van der Waals surface area contributed by atoms with Crippen LogP contribution in [-0.2, 0) is 28.8 Å². The summed E-state index contributed by atoms with van der Waals surface area (Å²) in [6, 6.07) is 11.9. The Labute approximate surface area is 217 Å². The number of nitrogens with zero attached hydrogens (tertiary/aromatic N) is 2. The Kier molecular flexibility index (Phi) is 9.82. The van der Waals surface area contributed by atoms with Crippen molar-refractivity contribution in [3.05, 3.63) is 92.9 Å². The van der Waals surface area contributed by atoms with Crippen LogP contribution in [0.3, 0.4) is 0 Å². The lowest BCUT2D eigenvalue weighted by atomic mass is 10.1. The lowest BCUT2D eigenvalue weighted by molar-refractivity contribution is -0.137. The van der Waals surface area contributed by atoms with Gasteiger partial charge in [-0.25, -0.2) is 4.39 Å². The molecule has 3 aromatic rings. The summed E-state index contributed by atoms with van der Waals surface area (Å²) in [6.45, 7) is 2.50. The quantitative estimate of drug-likeness (QED) is 0.226. The van der Waals surface area contributed by atoms with E-state index in [0.717, 1.165) is 22.6 Å². The van der Waals surface area contributed by atoms with Crippen LogP contribution in [0, 0.1) is 12.7 Å². The molecule has 2 aromatic carbocycles. The standard InChI is InChI=1S/C27H28F4N2O3S/c1-19-11-14-37-24(19)17-33(16-20-7-9-23(28)10-8-20)25(34)18-32(12-4-13-36-2)26(35)21-5-3-6-22(15-21)27(29,30)31/h3,5-11,14-15H,4,12-13,16-18H2,1-2H3. The fourth-order valence-corrected chi connectivity index (χ4v) is 4.63. The van der Waals surface area contributed by atoms with Crippen molar-refractivity contribution in [3.8, 4) is 0 Å². The zero-order valence-corrected chi connectivity index (χ0v) is 21.4. The van der Waals surface area contributed by atoms with Crippen molar-refractivity contribution < 1.29 is 31.9 Å². The third-order valence-corrected chi connectivity index (χ3v) is 6.78. The SMILES string of the molecule is COCCCN(CC(=O)N(Cc1ccc(F)cc1)Cc1sccc1C)C(=O)c1cccc(C(F)(F)F)c1. The summed E-state index contributed by atoms with van der Waals surface area (Å²) in [5.41, 5.74) is 0.629. The highest BCUT2D eigenvalue weighted by Gasteiger charge is 2.32. The van der Waals surface area contributed by atoms with E-state index >= 15 is 0 Å². The number of rotatable bonds is 11. The van der Waals surface area contributed by atoms with Crippen LogP contribution in [-0.4, -0.2) is 48.4 Å². The molecular weight excluding hydrogens is 508 g/mol. The molecule has 1 heterocycles. The van der Waals surface area contributed by atoms with E-state index in [9.17, 15) is 27.2 Å². The predicted molar refractivity (Wildman–Crippen MR) is 134 cm³/mol. The van der Waals surface area contributed by atoms with Gasteiger partial charge in [-0.3, -0.25) is 9.59 Å². The number of thiophene rings is 1. The third-order valence-electron chi connectivity index (χ3n) is 5.77. The second kappa shape index (κ2) is 12.8. The fourth-order valence-electron chi connectivity index (χ4n) is 3.71. The van der Waals surface area contributed by atoms with Gasteiger partial charge in [0, 0.05) is 37.2 Å². The van der Waals surface area contributed by atoms with Crippen LogP contribution in [0.5, 0.6) is 0 Å². The van der Waals surface area contributed by atoms with E-state index in [1.165, 1.54) is 47.6 Å². The summed E-state index contributed by atoms with van der Waals surface area (Å²) in [6.07, 6.45) is -4.20. The summed E-state index contributed by atoms with van der Waals surface area (Å²) >= 11 is 1.49. The van der Waals surface area contributed by atoms with E-state index in [1.807, 2.05) is 18.4 Å². The first-order valence-corrected chi connectivity index (χ1v) is 12.5. The van der Waals surface area contributed by atoms with Gasteiger partial charge < -0.3 is 14.5 Å². The van der Waals surface area contributed by atoms with Gasteiger partial charge in [0.05, 0.1) is 12.1 Å². The van der Waals surface area contributed by atoms with E-state index in [0.29, 0.717) is 18.6 Å². The van der Waals surface area contributed by atoms with Crippen molar-refractivity contribution in [2.45, 2.75) is 32.6 Å². The van der Waals surface area contributed by atoms with Crippen LogP contribution in [0.15, 0.2) is 60.0 Å². The highest BCUT2D eigenvalue weighted by atomic mass is 32.1. The van der Waals surface area contributed by atoms with Gasteiger partial charge in [-0.2, -0.15) is 13.2 Å². The minimum absolute atomic E-state index is 0.122.